The highest BCUT2D eigenvalue weighted by Crippen LogP contribution is 2.32. The number of aromatic nitrogens is 1. The van der Waals surface area contributed by atoms with Gasteiger partial charge in [0.05, 0.1) is 10.9 Å². The van der Waals surface area contributed by atoms with Gasteiger partial charge in [-0.2, -0.15) is 0 Å². The summed E-state index contributed by atoms with van der Waals surface area (Å²) in [6.07, 6.45) is -5.41. The molecule has 1 aliphatic heterocycles. The van der Waals surface area contributed by atoms with Crippen molar-refractivity contribution >= 4 is 46.2 Å². The molecule has 1 aliphatic rings. The van der Waals surface area contributed by atoms with Gasteiger partial charge < -0.3 is 32.8 Å². The summed E-state index contributed by atoms with van der Waals surface area (Å²) in [5.74, 6) is -2.79. The lowest BCUT2D eigenvalue weighted by atomic mass is 9.98. The van der Waals surface area contributed by atoms with Crippen molar-refractivity contribution in [2.45, 2.75) is 65.3 Å². The fourth-order valence-corrected chi connectivity index (χ4v) is 5.02. The molecule has 4 rings (SSSR count). The minimum absolute atomic E-state index is 0.138. The van der Waals surface area contributed by atoms with Crippen molar-refractivity contribution in [3.05, 3.63) is 45.8 Å². The zero-order chi connectivity index (χ0) is 29.8. The first-order valence-corrected chi connectivity index (χ1v) is 13.3. The number of carbonyl (C=O) groups is 4. The molecular weight excluding hydrogens is 562 g/mol. The van der Waals surface area contributed by atoms with Crippen molar-refractivity contribution in [3.8, 4) is 16.3 Å². The van der Waals surface area contributed by atoms with E-state index in [1.54, 1.807) is 0 Å². The second kappa shape index (κ2) is 12.5. The highest BCUT2D eigenvalue weighted by Gasteiger charge is 2.53. The highest BCUT2D eigenvalue weighted by molar-refractivity contribution is 7.13. The van der Waals surface area contributed by atoms with Crippen LogP contribution in [0.1, 0.15) is 33.4 Å². The maximum atomic E-state index is 13.1. The molecule has 0 radical (unpaired) electrons. The van der Waals surface area contributed by atoms with Crippen LogP contribution in [0.5, 0.6) is 5.75 Å². The third kappa shape index (κ3) is 7.08. The number of carbonyl (C=O) groups excluding carboxylic acids is 4. The smallest absolute Gasteiger partial charge is 0.303 e. The Hall–Kier alpha value is -4.30. The zero-order valence-electron chi connectivity index (χ0n) is 22.7. The van der Waals surface area contributed by atoms with E-state index in [0.29, 0.717) is 10.6 Å². The number of nitrogens with zero attached hydrogens (tertiary/aromatic N) is 1. The number of thiazole rings is 1. The normalized spacial score (nSPS) is 22.0. The van der Waals surface area contributed by atoms with Crippen molar-refractivity contribution in [1.82, 2.24) is 4.98 Å². The van der Waals surface area contributed by atoms with Crippen LogP contribution in [0.2, 0.25) is 0 Å². The zero-order valence-corrected chi connectivity index (χ0v) is 23.6. The number of esters is 4. The third-order valence-electron chi connectivity index (χ3n) is 5.80. The lowest BCUT2D eigenvalue weighted by Gasteiger charge is -2.43. The Morgan fingerprint density at radius 2 is 1.59 bits per heavy atom. The molecule has 1 saturated heterocycles. The molecule has 218 valence electrons. The number of hydrogen-bond acceptors (Lipinski definition) is 14. The van der Waals surface area contributed by atoms with E-state index in [1.165, 1.54) is 42.7 Å². The SMILES string of the molecule is CC(=O)OC[C@@H]1O[C@H](Oc2ccc3c(=O)c(-c4nc(C)cs4)coc3c2)[C@@H](OC(C)=O)[C@H](OC(C)=O)[C@@H]1OC(C)=O. The second-order valence-electron chi connectivity index (χ2n) is 9.12. The van der Waals surface area contributed by atoms with Crippen molar-refractivity contribution in [2.75, 3.05) is 6.61 Å². The summed E-state index contributed by atoms with van der Waals surface area (Å²) < 4.78 is 38.9. The van der Waals surface area contributed by atoms with Gasteiger partial charge >= 0.3 is 23.9 Å². The fraction of sp³-hybridized carbons (Fsp3) is 0.407. The second-order valence-corrected chi connectivity index (χ2v) is 9.97. The van der Waals surface area contributed by atoms with Crippen LogP contribution in [0.4, 0.5) is 0 Å². The van der Waals surface area contributed by atoms with Crippen LogP contribution in [-0.2, 0) is 42.9 Å². The Bertz CT molecular complexity index is 1530. The standard InChI is InChI=1S/C27H27NO12S/c1-12-11-41-26(28-12)19-9-35-20-8-17(6-7-18(20)22(19)33)39-27-25(38-16(5)32)24(37-15(4)31)23(36-14(3)30)21(40-27)10-34-13(2)29/h6-9,11,21,23-25,27H,10H2,1-5H3/t21-,23+,24+,25-,27-/m0/s1. The van der Waals surface area contributed by atoms with Crippen LogP contribution < -0.4 is 10.2 Å². The number of ether oxygens (including phenoxy) is 6. The quantitative estimate of drug-likeness (QED) is 0.278. The molecule has 0 saturated carbocycles. The Morgan fingerprint density at radius 1 is 0.927 bits per heavy atom. The number of aryl methyl sites for hydroxylation is 1. The van der Waals surface area contributed by atoms with E-state index in [0.717, 1.165) is 26.5 Å². The fourth-order valence-electron chi connectivity index (χ4n) is 4.22. The van der Waals surface area contributed by atoms with Crippen LogP contribution in [0.25, 0.3) is 21.5 Å². The lowest BCUT2D eigenvalue weighted by Crippen LogP contribution is -2.63. The summed E-state index contributed by atoms with van der Waals surface area (Å²) >= 11 is 1.32. The van der Waals surface area contributed by atoms with Gasteiger partial charge in [-0.15, -0.1) is 11.3 Å². The average molecular weight is 590 g/mol. The summed E-state index contributed by atoms with van der Waals surface area (Å²) in [6.45, 7) is 5.96. The topological polar surface area (TPSA) is 167 Å². The summed E-state index contributed by atoms with van der Waals surface area (Å²) in [6, 6.07) is 4.40. The summed E-state index contributed by atoms with van der Waals surface area (Å²) in [5.41, 5.74) is 0.983. The molecule has 0 bridgehead atoms. The van der Waals surface area contributed by atoms with Gasteiger partial charge in [-0.25, -0.2) is 4.98 Å². The number of rotatable bonds is 8. The minimum atomic E-state index is -1.43. The van der Waals surface area contributed by atoms with Gasteiger partial charge in [0.1, 0.15) is 35.3 Å². The van der Waals surface area contributed by atoms with Gasteiger partial charge in [0.25, 0.3) is 0 Å². The molecule has 14 heteroatoms. The largest absolute Gasteiger partial charge is 0.463 e. The molecule has 3 aromatic rings. The van der Waals surface area contributed by atoms with Crippen molar-refractivity contribution in [3.63, 3.8) is 0 Å². The molecule has 1 fully saturated rings. The Morgan fingerprint density at radius 3 is 2.20 bits per heavy atom. The Balaban J connectivity index is 1.70. The van der Waals surface area contributed by atoms with E-state index < -0.39 is 61.2 Å². The first-order chi connectivity index (χ1) is 19.4. The maximum Gasteiger partial charge on any atom is 0.303 e. The molecule has 13 nitrogen and oxygen atoms in total. The third-order valence-corrected chi connectivity index (χ3v) is 6.79. The molecule has 0 spiro atoms. The first-order valence-electron chi connectivity index (χ1n) is 12.4. The van der Waals surface area contributed by atoms with Gasteiger partial charge in [0.15, 0.2) is 12.2 Å². The van der Waals surface area contributed by atoms with Gasteiger partial charge in [-0.05, 0) is 19.1 Å². The Kier molecular flexibility index (Phi) is 9.03. The first kappa shape index (κ1) is 29.7. The minimum Gasteiger partial charge on any atom is -0.463 e. The highest BCUT2D eigenvalue weighted by atomic mass is 32.1. The van der Waals surface area contributed by atoms with Gasteiger partial charge in [0, 0.05) is 44.8 Å². The lowest BCUT2D eigenvalue weighted by molar-refractivity contribution is -0.288. The maximum absolute atomic E-state index is 13.1. The predicted octanol–water partition coefficient (Wildman–Crippen LogP) is 2.69. The van der Waals surface area contributed by atoms with E-state index in [4.69, 9.17) is 32.8 Å². The van der Waals surface area contributed by atoms with Crippen LogP contribution in [0.15, 0.2) is 39.1 Å². The molecule has 3 heterocycles. The van der Waals surface area contributed by atoms with Crippen molar-refractivity contribution in [2.24, 2.45) is 0 Å². The molecule has 2 aromatic heterocycles. The predicted molar refractivity (Wildman–Crippen MR) is 141 cm³/mol. The molecule has 41 heavy (non-hydrogen) atoms. The van der Waals surface area contributed by atoms with Crippen LogP contribution in [0.3, 0.4) is 0 Å². The van der Waals surface area contributed by atoms with Gasteiger partial charge in [-0.1, -0.05) is 0 Å². The molecular formula is C27H27NO12S. The monoisotopic (exact) mass is 589 g/mol. The van der Waals surface area contributed by atoms with E-state index in [-0.39, 0.29) is 22.1 Å². The summed E-state index contributed by atoms with van der Waals surface area (Å²) in [5, 5.41) is 2.61. The molecule has 0 unspecified atom stereocenters. The van der Waals surface area contributed by atoms with E-state index in [1.807, 2.05) is 12.3 Å². The molecule has 0 amide bonds. The van der Waals surface area contributed by atoms with Crippen LogP contribution in [-0.4, -0.2) is 66.2 Å². The molecule has 0 N–H and O–H groups in total. The Labute approximate surface area is 237 Å². The van der Waals surface area contributed by atoms with Crippen LogP contribution in [0, 0.1) is 6.92 Å². The van der Waals surface area contributed by atoms with Gasteiger partial charge in [-0.3, -0.25) is 24.0 Å². The molecule has 5 atom stereocenters. The van der Waals surface area contributed by atoms with Gasteiger partial charge in [0.2, 0.25) is 17.8 Å². The summed E-state index contributed by atoms with van der Waals surface area (Å²) in [7, 11) is 0. The number of fused-ring (bicyclic) bond motifs is 1. The molecule has 1 aromatic carbocycles. The number of hydrogen-bond donors (Lipinski definition) is 0. The average Bonchev–Trinajstić information content (AvgIpc) is 3.31. The summed E-state index contributed by atoms with van der Waals surface area (Å²) in [4.78, 5) is 64.9. The van der Waals surface area contributed by atoms with Crippen LogP contribution >= 0.6 is 11.3 Å². The van der Waals surface area contributed by atoms with Crippen molar-refractivity contribution in [1.29, 1.82) is 0 Å². The van der Waals surface area contributed by atoms with E-state index >= 15 is 0 Å². The molecule has 0 aliphatic carbocycles. The van der Waals surface area contributed by atoms with E-state index in [9.17, 15) is 24.0 Å². The number of benzene rings is 1. The van der Waals surface area contributed by atoms with Crippen molar-refractivity contribution < 1.29 is 52.0 Å². The van der Waals surface area contributed by atoms with E-state index in [2.05, 4.69) is 4.98 Å².